The summed E-state index contributed by atoms with van der Waals surface area (Å²) in [5.74, 6) is -0.529. The molecule has 0 saturated carbocycles. The van der Waals surface area contributed by atoms with Crippen LogP contribution in [0.15, 0.2) is 12.3 Å². The molecule has 0 unspecified atom stereocenters. The van der Waals surface area contributed by atoms with E-state index in [0.717, 1.165) is 0 Å². The minimum Gasteiger partial charge on any atom is -0.386 e. The molecule has 0 bridgehead atoms. The zero-order valence-electron chi connectivity index (χ0n) is 8.20. The molecule has 0 aliphatic heterocycles. The lowest BCUT2D eigenvalue weighted by Gasteiger charge is -2.18. The zero-order valence-corrected chi connectivity index (χ0v) is 8.96. The van der Waals surface area contributed by atoms with E-state index < -0.39 is 11.4 Å². The Morgan fingerprint density at radius 2 is 2.20 bits per heavy atom. The maximum absolute atomic E-state index is 13.5. The van der Waals surface area contributed by atoms with E-state index in [2.05, 4.69) is 10.1 Å². The number of halogens is 2. The third kappa shape index (κ3) is 1.80. The summed E-state index contributed by atoms with van der Waals surface area (Å²) in [7, 11) is 0. The number of nitrogens with zero attached hydrogens (tertiary/aromatic N) is 3. The van der Waals surface area contributed by atoms with Crippen LogP contribution in [0.2, 0.25) is 5.28 Å². The summed E-state index contributed by atoms with van der Waals surface area (Å²) >= 11 is 5.57. The van der Waals surface area contributed by atoms with Gasteiger partial charge in [-0.3, -0.25) is 0 Å². The Bertz CT molecular complexity index is 518. The quantitative estimate of drug-likeness (QED) is 0.811. The summed E-state index contributed by atoms with van der Waals surface area (Å²) in [4.78, 5) is 3.79. The third-order valence-electron chi connectivity index (χ3n) is 2.06. The molecule has 0 atom stereocenters. The minimum absolute atomic E-state index is 0.0438. The van der Waals surface area contributed by atoms with Gasteiger partial charge < -0.3 is 5.11 Å². The number of rotatable bonds is 1. The smallest absolute Gasteiger partial charge is 0.243 e. The Morgan fingerprint density at radius 3 is 2.80 bits per heavy atom. The summed E-state index contributed by atoms with van der Waals surface area (Å²) in [5, 5.41) is 13.6. The van der Waals surface area contributed by atoms with Crippen LogP contribution in [-0.2, 0) is 5.60 Å². The van der Waals surface area contributed by atoms with Crippen molar-refractivity contribution in [2.75, 3.05) is 0 Å². The van der Waals surface area contributed by atoms with E-state index in [-0.39, 0.29) is 10.8 Å². The maximum atomic E-state index is 13.5. The van der Waals surface area contributed by atoms with Crippen molar-refractivity contribution in [1.29, 1.82) is 0 Å². The van der Waals surface area contributed by atoms with E-state index in [1.54, 1.807) is 0 Å². The molecule has 0 saturated heterocycles. The van der Waals surface area contributed by atoms with Gasteiger partial charge >= 0.3 is 0 Å². The lowest BCUT2D eigenvalue weighted by atomic mass is 10.0. The fourth-order valence-electron chi connectivity index (χ4n) is 1.33. The van der Waals surface area contributed by atoms with Gasteiger partial charge in [0.05, 0.1) is 5.60 Å². The Kier molecular flexibility index (Phi) is 2.17. The second-order valence-corrected chi connectivity index (χ2v) is 4.12. The van der Waals surface area contributed by atoms with E-state index in [1.807, 2.05) is 0 Å². The second kappa shape index (κ2) is 3.15. The number of aliphatic hydroxyl groups is 1. The first-order valence-corrected chi connectivity index (χ1v) is 4.70. The first-order valence-electron chi connectivity index (χ1n) is 4.32. The highest BCUT2D eigenvalue weighted by molar-refractivity contribution is 6.28. The van der Waals surface area contributed by atoms with E-state index in [1.165, 1.54) is 30.6 Å². The van der Waals surface area contributed by atoms with Gasteiger partial charge in [-0.25, -0.2) is 8.91 Å². The molecule has 1 N–H and O–H groups in total. The van der Waals surface area contributed by atoms with Crippen molar-refractivity contribution >= 4 is 17.2 Å². The van der Waals surface area contributed by atoms with Crippen molar-refractivity contribution in [3.63, 3.8) is 0 Å². The van der Waals surface area contributed by atoms with Gasteiger partial charge in [-0.15, -0.1) is 5.10 Å². The van der Waals surface area contributed by atoms with Crippen LogP contribution in [0.25, 0.3) is 5.65 Å². The van der Waals surface area contributed by atoms with Crippen molar-refractivity contribution < 1.29 is 9.50 Å². The largest absolute Gasteiger partial charge is 0.386 e. The van der Waals surface area contributed by atoms with Crippen LogP contribution in [0.1, 0.15) is 19.4 Å². The lowest BCUT2D eigenvalue weighted by molar-refractivity contribution is 0.0739. The molecule has 0 aromatic carbocycles. The molecule has 6 heteroatoms. The Morgan fingerprint density at radius 1 is 1.53 bits per heavy atom. The van der Waals surface area contributed by atoms with Crippen LogP contribution >= 0.6 is 11.6 Å². The minimum atomic E-state index is -1.27. The molecule has 4 nitrogen and oxygen atoms in total. The number of pyridine rings is 1. The molecule has 2 rings (SSSR count). The molecule has 0 radical (unpaired) electrons. The molecule has 2 heterocycles. The topological polar surface area (TPSA) is 50.4 Å². The highest BCUT2D eigenvalue weighted by Crippen LogP contribution is 2.23. The average molecular weight is 230 g/mol. The zero-order chi connectivity index (χ0) is 11.2. The van der Waals surface area contributed by atoms with Gasteiger partial charge in [-0.05, 0) is 25.4 Å². The van der Waals surface area contributed by atoms with Crippen LogP contribution in [0, 0.1) is 5.82 Å². The van der Waals surface area contributed by atoms with Gasteiger partial charge in [-0.1, -0.05) is 0 Å². The maximum Gasteiger partial charge on any atom is 0.243 e. The molecule has 80 valence electrons. The molecule has 2 aromatic heterocycles. The molecular weight excluding hydrogens is 221 g/mol. The highest BCUT2D eigenvalue weighted by atomic mass is 35.5. The van der Waals surface area contributed by atoms with Crippen LogP contribution in [0.3, 0.4) is 0 Å². The summed E-state index contributed by atoms with van der Waals surface area (Å²) in [6.45, 7) is 2.99. The lowest BCUT2D eigenvalue weighted by Crippen LogP contribution is -2.18. The van der Waals surface area contributed by atoms with Crippen molar-refractivity contribution in [2.45, 2.75) is 19.4 Å². The molecule has 0 spiro atoms. The number of hydrogen-bond acceptors (Lipinski definition) is 3. The fraction of sp³-hybridized carbons (Fsp3) is 0.333. The van der Waals surface area contributed by atoms with E-state index in [9.17, 15) is 9.50 Å². The van der Waals surface area contributed by atoms with Crippen LogP contribution in [-0.4, -0.2) is 19.7 Å². The normalized spacial score (nSPS) is 12.3. The number of aromatic nitrogens is 3. The molecule has 0 aliphatic carbocycles. The summed E-state index contributed by atoms with van der Waals surface area (Å²) in [6, 6.07) is 1.19. The molecule has 0 fully saturated rings. The first kappa shape index (κ1) is 10.3. The van der Waals surface area contributed by atoms with Gasteiger partial charge in [0.25, 0.3) is 0 Å². The van der Waals surface area contributed by atoms with E-state index >= 15 is 0 Å². The van der Waals surface area contributed by atoms with Crippen LogP contribution < -0.4 is 0 Å². The van der Waals surface area contributed by atoms with E-state index in [0.29, 0.717) is 5.65 Å². The van der Waals surface area contributed by atoms with Crippen molar-refractivity contribution in [3.8, 4) is 0 Å². The predicted molar refractivity (Wildman–Crippen MR) is 53.2 cm³/mol. The monoisotopic (exact) mass is 229 g/mol. The van der Waals surface area contributed by atoms with Gasteiger partial charge in [0.2, 0.25) is 5.28 Å². The Hall–Kier alpha value is -1.20. The van der Waals surface area contributed by atoms with Crippen molar-refractivity contribution in [3.05, 3.63) is 28.9 Å². The number of hydrogen-bond donors (Lipinski definition) is 1. The highest BCUT2D eigenvalue weighted by Gasteiger charge is 2.22. The van der Waals surface area contributed by atoms with Crippen molar-refractivity contribution in [1.82, 2.24) is 14.6 Å². The molecule has 0 aliphatic rings. The van der Waals surface area contributed by atoms with Crippen LogP contribution in [0.5, 0.6) is 0 Å². The SMILES string of the molecule is CC(C)(O)c1cn2nc(Cl)nc2cc1F. The Balaban J connectivity index is 2.72. The Labute approximate surface area is 90.3 Å². The fourth-order valence-corrected chi connectivity index (χ4v) is 1.49. The average Bonchev–Trinajstić information content (AvgIpc) is 2.40. The third-order valence-corrected chi connectivity index (χ3v) is 2.22. The van der Waals surface area contributed by atoms with E-state index in [4.69, 9.17) is 11.6 Å². The van der Waals surface area contributed by atoms with Gasteiger partial charge in [0, 0.05) is 17.8 Å². The molecular formula is C9H9ClFN3O. The summed E-state index contributed by atoms with van der Waals surface area (Å²) in [5.41, 5.74) is -0.807. The molecule has 2 aromatic rings. The first-order chi connectivity index (χ1) is 6.88. The van der Waals surface area contributed by atoms with Gasteiger partial charge in [0.15, 0.2) is 5.65 Å². The number of fused-ring (bicyclic) bond motifs is 1. The van der Waals surface area contributed by atoms with Crippen LogP contribution in [0.4, 0.5) is 4.39 Å². The van der Waals surface area contributed by atoms with Gasteiger partial charge in [-0.2, -0.15) is 4.98 Å². The predicted octanol–water partition coefficient (Wildman–Crippen LogP) is 1.75. The molecule has 0 amide bonds. The molecule has 15 heavy (non-hydrogen) atoms. The second-order valence-electron chi connectivity index (χ2n) is 3.78. The van der Waals surface area contributed by atoms with Crippen molar-refractivity contribution in [2.24, 2.45) is 0 Å². The van der Waals surface area contributed by atoms with Gasteiger partial charge in [0.1, 0.15) is 5.82 Å². The summed E-state index contributed by atoms with van der Waals surface area (Å²) in [6.07, 6.45) is 1.38. The standard InChI is InChI=1S/C9H9ClFN3O/c1-9(2,15)5-4-14-7(3-6(5)11)12-8(10)13-14/h3-4,15H,1-2H3. The summed E-state index contributed by atoms with van der Waals surface area (Å²) < 4.78 is 14.9.